The Hall–Kier alpha value is -0.160. The van der Waals surface area contributed by atoms with E-state index in [0.29, 0.717) is 24.1 Å². The van der Waals surface area contributed by atoms with Crippen LogP contribution in [-0.4, -0.2) is 63.0 Å². The summed E-state index contributed by atoms with van der Waals surface area (Å²) >= 11 is 0. The number of nitrogens with one attached hydrogen (secondary N) is 1. The molecule has 4 nitrogen and oxygen atoms in total. The van der Waals surface area contributed by atoms with Crippen LogP contribution in [0.15, 0.2) is 0 Å². The van der Waals surface area contributed by atoms with E-state index in [1.54, 1.807) is 0 Å². The second-order valence-electron chi connectivity index (χ2n) is 5.60. The number of ether oxygens (including phenoxy) is 2. The van der Waals surface area contributed by atoms with Gasteiger partial charge in [-0.2, -0.15) is 0 Å². The van der Waals surface area contributed by atoms with Crippen LogP contribution in [0, 0.1) is 5.92 Å². The van der Waals surface area contributed by atoms with Crippen molar-refractivity contribution >= 4 is 0 Å². The van der Waals surface area contributed by atoms with Gasteiger partial charge in [0, 0.05) is 31.2 Å². The van der Waals surface area contributed by atoms with Crippen LogP contribution in [0.1, 0.15) is 19.3 Å². The molecule has 0 aromatic rings. The zero-order chi connectivity index (χ0) is 11.7. The molecule has 17 heavy (non-hydrogen) atoms. The Kier molecular flexibility index (Phi) is 3.66. The van der Waals surface area contributed by atoms with Crippen molar-refractivity contribution in [2.75, 3.05) is 40.0 Å². The molecule has 4 heteroatoms. The molecule has 0 aromatic heterocycles. The summed E-state index contributed by atoms with van der Waals surface area (Å²) in [4.78, 5) is 2.62. The van der Waals surface area contributed by atoms with Crippen molar-refractivity contribution in [2.24, 2.45) is 5.92 Å². The monoisotopic (exact) mass is 240 g/mol. The van der Waals surface area contributed by atoms with Gasteiger partial charge in [-0.1, -0.05) is 0 Å². The molecule has 3 heterocycles. The number of fused-ring (bicyclic) bond motifs is 1. The molecule has 0 spiro atoms. The minimum Gasteiger partial charge on any atom is -0.381 e. The third-order valence-corrected chi connectivity index (χ3v) is 4.62. The molecule has 1 N–H and O–H groups in total. The number of hydrogen-bond acceptors (Lipinski definition) is 4. The van der Waals surface area contributed by atoms with Crippen LogP contribution in [0.25, 0.3) is 0 Å². The lowest BCUT2D eigenvalue weighted by Gasteiger charge is -2.40. The molecule has 3 fully saturated rings. The van der Waals surface area contributed by atoms with Gasteiger partial charge >= 0.3 is 0 Å². The van der Waals surface area contributed by atoms with E-state index in [1.165, 1.54) is 25.8 Å². The number of likely N-dealkylation sites (N-methyl/N-ethyl adjacent to an activating group) is 1. The largest absolute Gasteiger partial charge is 0.381 e. The number of rotatable bonds is 3. The Balaban J connectivity index is 1.62. The molecule has 3 aliphatic heterocycles. The van der Waals surface area contributed by atoms with Gasteiger partial charge in [-0.15, -0.1) is 0 Å². The smallest absolute Gasteiger partial charge is 0.0859 e. The third kappa shape index (κ3) is 2.36. The highest BCUT2D eigenvalue weighted by molar-refractivity contribution is 4.93. The van der Waals surface area contributed by atoms with E-state index in [4.69, 9.17) is 9.47 Å². The maximum Gasteiger partial charge on any atom is 0.0859 e. The van der Waals surface area contributed by atoms with E-state index in [-0.39, 0.29) is 0 Å². The highest BCUT2D eigenvalue weighted by Crippen LogP contribution is 2.27. The normalized spacial score (nSPS) is 40.4. The van der Waals surface area contributed by atoms with Gasteiger partial charge in [0.15, 0.2) is 0 Å². The summed E-state index contributed by atoms with van der Waals surface area (Å²) in [6.45, 7) is 5.11. The molecular weight excluding hydrogens is 216 g/mol. The van der Waals surface area contributed by atoms with Gasteiger partial charge < -0.3 is 14.8 Å². The Bertz CT molecular complexity index is 256. The molecular formula is C13H24N2O2. The van der Waals surface area contributed by atoms with Gasteiger partial charge in [0.05, 0.1) is 19.3 Å². The van der Waals surface area contributed by atoms with Crippen molar-refractivity contribution in [3.05, 3.63) is 0 Å². The van der Waals surface area contributed by atoms with Gasteiger partial charge in [0.25, 0.3) is 0 Å². The summed E-state index contributed by atoms with van der Waals surface area (Å²) in [5, 5.41) is 3.46. The predicted octanol–water partition coefficient (Wildman–Crippen LogP) is 0.474. The van der Waals surface area contributed by atoms with E-state index in [1.807, 2.05) is 0 Å². The van der Waals surface area contributed by atoms with Gasteiger partial charge in [0.2, 0.25) is 0 Å². The Morgan fingerprint density at radius 2 is 2.24 bits per heavy atom. The predicted molar refractivity (Wildman–Crippen MR) is 66.1 cm³/mol. The summed E-state index contributed by atoms with van der Waals surface area (Å²) in [5.74, 6) is 0.629. The molecule has 3 saturated heterocycles. The molecule has 0 aromatic carbocycles. The van der Waals surface area contributed by atoms with Gasteiger partial charge in [-0.3, -0.25) is 4.90 Å². The van der Waals surface area contributed by atoms with E-state index in [0.717, 1.165) is 26.4 Å². The first-order valence-corrected chi connectivity index (χ1v) is 6.99. The number of nitrogens with zero attached hydrogens (tertiary/aromatic N) is 1. The lowest BCUT2D eigenvalue weighted by atomic mass is 9.93. The summed E-state index contributed by atoms with van der Waals surface area (Å²) in [7, 11) is 2.06. The maximum atomic E-state index is 6.10. The minimum atomic E-state index is 0.348. The van der Waals surface area contributed by atoms with E-state index in [9.17, 15) is 0 Å². The molecule has 0 bridgehead atoms. The summed E-state index contributed by atoms with van der Waals surface area (Å²) in [5.41, 5.74) is 0. The number of morpholine rings is 1. The van der Waals surface area contributed by atoms with Crippen LogP contribution >= 0.6 is 0 Å². The molecule has 3 rings (SSSR count). The quantitative estimate of drug-likeness (QED) is 0.778. The molecule has 0 radical (unpaired) electrons. The Morgan fingerprint density at radius 1 is 1.29 bits per heavy atom. The highest BCUT2D eigenvalue weighted by Gasteiger charge is 2.38. The lowest BCUT2D eigenvalue weighted by Crippen LogP contribution is -2.56. The van der Waals surface area contributed by atoms with E-state index in [2.05, 4.69) is 17.3 Å². The Morgan fingerprint density at radius 3 is 3.00 bits per heavy atom. The van der Waals surface area contributed by atoms with Crippen LogP contribution in [0.3, 0.4) is 0 Å². The first-order chi connectivity index (χ1) is 8.38. The van der Waals surface area contributed by atoms with Crippen molar-refractivity contribution in [3.8, 4) is 0 Å². The first-order valence-electron chi connectivity index (χ1n) is 6.99. The second-order valence-corrected chi connectivity index (χ2v) is 5.60. The zero-order valence-corrected chi connectivity index (χ0v) is 10.7. The molecule has 3 aliphatic rings. The average Bonchev–Trinajstić information content (AvgIpc) is 2.99. The molecule has 0 aliphatic carbocycles. The van der Waals surface area contributed by atoms with E-state index >= 15 is 0 Å². The third-order valence-electron chi connectivity index (χ3n) is 4.62. The van der Waals surface area contributed by atoms with Crippen LogP contribution < -0.4 is 5.32 Å². The summed E-state index contributed by atoms with van der Waals surface area (Å²) in [6.07, 6.45) is 4.19. The maximum absolute atomic E-state index is 6.10. The van der Waals surface area contributed by atoms with Gasteiger partial charge in [-0.25, -0.2) is 0 Å². The van der Waals surface area contributed by atoms with Crippen LogP contribution in [0.5, 0.6) is 0 Å². The summed E-state index contributed by atoms with van der Waals surface area (Å²) in [6, 6.07) is 1.16. The molecule has 98 valence electrons. The van der Waals surface area contributed by atoms with E-state index < -0.39 is 0 Å². The average molecular weight is 240 g/mol. The number of hydrogen-bond donors (Lipinski definition) is 1. The molecule has 0 amide bonds. The van der Waals surface area contributed by atoms with Crippen molar-refractivity contribution < 1.29 is 9.47 Å². The molecule has 4 unspecified atom stereocenters. The lowest BCUT2D eigenvalue weighted by molar-refractivity contribution is -0.0725. The zero-order valence-electron chi connectivity index (χ0n) is 10.7. The molecule has 4 atom stereocenters. The second kappa shape index (κ2) is 5.22. The van der Waals surface area contributed by atoms with Crippen LogP contribution in [-0.2, 0) is 9.47 Å². The standard InChI is InChI=1S/C13H24N2O2/c1-14-13(10-4-6-16-8-10)12-7-15-5-2-3-11(15)9-17-12/h10-14H,2-9H2,1H3. The van der Waals surface area contributed by atoms with Crippen LogP contribution in [0.2, 0.25) is 0 Å². The van der Waals surface area contributed by atoms with Crippen molar-refractivity contribution in [1.29, 1.82) is 0 Å². The minimum absolute atomic E-state index is 0.348. The van der Waals surface area contributed by atoms with Gasteiger partial charge in [-0.05, 0) is 32.9 Å². The fourth-order valence-corrected chi connectivity index (χ4v) is 3.62. The van der Waals surface area contributed by atoms with Crippen molar-refractivity contribution in [2.45, 2.75) is 37.5 Å². The fourth-order valence-electron chi connectivity index (χ4n) is 3.62. The topological polar surface area (TPSA) is 33.7 Å². The van der Waals surface area contributed by atoms with Gasteiger partial charge in [0.1, 0.15) is 0 Å². The Labute approximate surface area is 104 Å². The first kappa shape index (κ1) is 11.9. The molecule has 0 saturated carbocycles. The summed E-state index contributed by atoms with van der Waals surface area (Å²) < 4.78 is 11.6. The SMILES string of the molecule is CNC(C1CCOC1)C1CN2CCCC2CO1. The van der Waals surface area contributed by atoms with Crippen molar-refractivity contribution in [3.63, 3.8) is 0 Å². The highest BCUT2D eigenvalue weighted by atomic mass is 16.5. The van der Waals surface area contributed by atoms with Crippen molar-refractivity contribution in [1.82, 2.24) is 10.2 Å². The van der Waals surface area contributed by atoms with Crippen LogP contribution in [0.4, 0.5) is 0 Å². The fraction of sp³-hybridized carbons (Fsp3) is 1.00.